The third-order valence-electron chi connectivity index (χ3n) is 6.01. The van der Waals surface area contributed by atoms with Gasteiger partial charge in [0.25, 0.3) is 5.91 Å². The lowest BCUT2D eigenvalue weighted by atomic mass is 9.94. The average Bonchev–Trinajstić information content (AvgIpc) is 3.49. The maximum absolute atomic E-state index is 13.1. The van der Waals surface area contributed by atoms with Crippen LogP contribution in [0.4, 0.5) is 0 Å². The quantitative estimate of drug-likeness (QED) is 0.157. The summed E-state index contributed by atoms with van der Waals surface area (Å²) < 4.78 is 0. The van der Waals surface area contributed by atoms with Crippen LogP contribution in [0.5, 0.6) is 0 Å². The molecule has 0 spiro atoms. The number of hydrogen-bond acceptors (Lipinski definition) is 7. The minimum Gasteiger partial charge on any atom is -0.370 e. The average molecular weight is 500 g/mol. The number of aromatic nitrogens is 1. The van der Waals surface area contributed by atoms with Gasteiger partial charge in [-0.05, 0) is 31.4 Å². The number of Topliss-reactive ketones (excluding diaryl/α,β-unsaturated/α-hetero) is 1. The first-order chi connectivity index (χ1) is 16.8. The number of carbonyl (C=O) groups is 3. The number of rotatable bonds is 11. The lowest BCUT2D eigenvalue weighted by Crippen LogP contribution is -2.33. The van der Waals surface area contributed by atoms with Crippen LogP contribution >= 0.6 is 11.3 Å². The van der Waals surface area contributed by atoms with Gasteiger partial charge in [0.1, 0.15) is 10.7 Å². The van der Waals surface area contributed by atoms with Crippen molar-refractivity contribution in [2.24, 2.45) is 28.1 Å². The van der Waals surface area contributed by atoms with Gasteiger partial charge in [0.2, 0.25) is 5.91 Å². The van der Waals surface area contributed by atoms with Gasteiger partial charge in [0.05, 0.1) is 6.04 Å². The first-order valence-corrected chi connectivity index (χ1v) is 12.5. The molecular weight excluding hydrogens is 466 g/mol. The standard InChI is InChI=1S/C24H33N7O3S/c1-28-21(33)16(9-5-6-10-29-24(26)27)11-20(32)18-14-35-22(30-18)19-12-17(25)13-31(19)23(34)15-7-3-2-4-8-15/h2-4,7-8,14,16-17,19H,5-6,9-13,25H2,1H3,(H,28,33)(H4,26,27,29)/t16-,17-,19+/m1/s1. The molecule has 2 aromatic rings. The molecule has 2 amide bonds. The fourth-order valence-electron chi connectivity index (χ4n) is 4.21. The molecule has 1 aliphatic heterocycles. The van der Waals surface area contributed by atoms with Crippen molar-refractivity contribution >= 4 is 34.9 Å². The zero-order chi connectivity index (χ0) is 25.4. The van der Waals surface area contributed by atoms with Crippen LogP contribution in [0.25, 0.3) is 0 Å². The predicted molar refractivity (Wildman–Crippen MR) is 136 cm³/mol. The highest BCUT2D eigenvalue weighted by Gasteiger charge is 2.37. The number of nitrogens with zero attached hydrogens (tertiary/aromatic N) is 3. The van der Waals surface area contributed by atoms with Crippen molar-refractivity contribution in [3.8, 4) is 0 Å². The summed E-state index contributed by atoms with van der Waals surface area (Å²) in [5, 5.41) is 5.02. The second-order valence-electron chi connectivity index (χ2n) is 8.65. The van der Waals surface area contributed by atoms with E-state index in [9.17, 15) is 14.4 Å². The number of unbranched alkanes of at least 4 members (excludes halogenated alkanes) is 1. The second kappa shape index (κ2) is 12.4. The molecule has 7 N–H and O–H groups in total. The summed E-state index contributed by atoms with van der Waals surface area (Å²) in [5.74, 6) is -0.917. The van der Waals surface area contributed by atoms with Gasteiger partial charge in [-0.2, -0.15) is 0 Å². The number of nitrogens with one attached hydrogen (secondary N) is 1. The molecule has 35 heavy (non-hydrogen) atoms. The van der Waals surface area contributed by atoms with E-state index in [2.05, 4.69) is 15.3 Å². The van der Waals surface area contributed by atoms with Gasteiger partial charge >= 0.3 is 0 Å². The molecule has 0 saturated carbocycles. The van der Waals surface area contributed by atoms with Gasteiger partial charge < -0.3 is 27.4 Å². The third-order valence-corrected chi connectivity index (χ3v) is 6.96. The van der Waals surface area contributed by atoms with Gasteiger partial charge in [0.15, 0.2) is 11.7 Å². The number of thiazole rings is 1. The first-order valence-electron chi connectivity index (χ1n) is 11.7. The highest BCUT2D eigenvalue weighted by atomic mass is 32.1. The van der Waals surface area contributed by atoms with Gasteiger partial charge in [-0.3, -0.25) is 19.4 Å². The summed E-state index contributed by atoms with van der Waals surface area (Å²) >= 11 is 1.34. The molecule has 0 radical (unpaired) electrons. The van der Waals surface area contributed by atoms with Crippen LogP contribution in [-0.2, 0) is 4.79 Å². The van der Waals surface area contributed by atoms with Gasteiger partial charge in [-0.25, -0.2) is 4.98 Å². The van der Waals surface area contributed by atoms with E-state index >= 15 is 0 Å². The predicted octanol–water partition coefficient (Wildman–Crippen LogP) is 1.44. The SMILES string of the molecule is CNC(=O)[C@H](CCCCN=C(N)N)CC(=O)c1csc([C@@H]2C[C@@H](N)CN2C(=O)c2ccccc2)n1. The molecule has 3 atom stereocenters. The Balaban J connectivity index is 1.66. The summed E-state index contributed by atoms with van der Waals surface area (Å²) in [4.78, 5) is 48.6. The van der Waals surface area contributed by atoms with Crippen LogP contribution in [0.1, 0.15) is 64.0 Å². The number of likely N-dealkylation sites (tertiary alicyclic amines) is 1. The monoisotopic (exact) mass is 499 g/mol. The molecule has 1 saturated heterocycles. The molecule has 10 nitrogen and oxygen atoms in total. The normalized spacial score (nSPS) is 18.2. The topological polar surface area (TPSA) is 170 Å². The summed E-state index contributed by atoms with van der Waals surface area (Å²) in [6.45, 7) is 0.910. The van der Waals surface area contributed by atoms with Crippen molar-refractivity contribution in [1.82, 2.24) is 15.2 Å². The third kappa shape index (κ3) is 7.09. The Hall–Kier alpha value is -3.31. The lowest BCUT2D eigenvalue weighted by Gasteiger charge is -2.23. The molecule has 1 aromatic carbocycles. The maximum atomic E-state index is 13.1. The molecule has 2 heterocycles. The van der Waals surface area contributed by atoms with Crippen LogP contribution in [0.15, 0.2) is 40.7 Å². The number of guanidine groups is 1. The van der Waals surface area contributed by atoms with Gasteiger partial charge in [0, 0.05) is 49.5 Å². The first kappa shape index (κ1) is 26.3. The molecule has 3 rings (SSSR count). The Kier molecular flexibility index (Phi) is 9.32. The van der Waals surface area contributed by atoms with E-state index in [0.717, 1.165) is 0 Å². The molecule has 0 bridgehead atoms. The van der Waals surface area contributed by atoms with E-state index in [1.807, 2.05) is 18.2 Å². The number of aliphatic imine (C=N–C) groups is 1. The van der Waals surface area contributed by atoms with Crippen molar-refractivity contribution in [1.29, 1.82) is 0 Å². The summed E-state index contributed by atoms with van der Waals surface area (Å²) in [5.41, 5.74) is 17.7. The lowest BCUT2D eigenvalue weighted by molar-refractivity contribution is -0.124. The summed E-state index contributed by atoms with van der Waals surface area (Å²) in [6, 6.07) is 8.61. The number of nitrogens with two attached hydrogens (primary N) is 3. The van der Waals surface area contributed by atoms with Crippen molar-refractivity contribution in [2.75, 3.05) is 20.1 Å². The molecule has 0 unspecified atom stereocenters. The number of hydrogen-bond donors (Lipinski definition) is 4. The minimum atomic E-state index is -0.465. The Morgan fingerprint density at radius 3 is 2.66 bits per heavy atom. The molecule has 0 aliphatic carbocycles. The van der Waals surface area contributed by atoms with E-state index < -0.39 is 5.92 Å². The fourth-order valence-corrected chi connectivity index (χ4v) is 5.16. The molecule has 1 aliphatic rings. The minimum absolute atomic E-state index is 0.0367. The Morgan fingerprint density at radius 2 is 1.97 bits per heavy atom. The zero-order valence-corrected chi connectivity index (χ0v) is 20.7. The maximum Gasteiger partial charge on any atom is 0.254 e. The zero-order valence-electron chi connectivity index (χ0n) is 19.9. The largest absolute Gasteiger partial charge is 0.370 e. The number of benzene rings is 1. The Morgan fingerprint density at radius 1 is 1.23 bits per heavy atom. The van der Waals surface area contributed by atoms with E-state index in [4.69, 9.17) is 17.2 Å². The van der Waals surface area contributed by atoms with E-state index in [-0.39, 0.29) is 42.1 Å². The highest BCUT2D eigenvalue weighted by Crippen LogP contribution is 2.35. The second-order valence-corrected chi connectivity index (χ2v) is 9.54. The number of carbonyl (C=O) groups excluding carboxylic acids is 3. The number of amides is 2. The summed E-state index contributed by atoms with van der Waals surface area (Å²) in [7, 11) is 1.56. The smallest absolute Gasteiger partial charge is 0.254 e. The van der Waals surface area contributed by atoms with Gasteiger partial charge in [-0.1, -0.05) is 24.6 Å². The fraction of sp³-hybridized carbons (Fsp3) is 0.458. The summed E-state index contributed by atoms with van der Waals surface area (Å²) in [6.07, 6.45) is 2.60. The molecule has 1 aromatic heterocycles. The van der Waals surface area contributed by atoms with Crippen molar-refractivity contribution in [3.63, 3.8) is 0 Å². The Bertz CT molecular complexity index is 1050. The molecule has 188 valence electrons. The van der Waals surface area contributed by atoms with E-state index in [0.29, 0.717) is 55.0 Å². The molecule has 1 fully saturated rings. The molecule has 11 heteroatoms. The van der Waals surface area contributed by atoms with Crippen LogP contribution in [-0.4, -0.2) is 59.6 Å². The Labute approximate surface area is 209 Å². The van der Waals surface area contributed by atoms with Crippen LogP contribution < -0.4 is 22.5 Å². The van der Waals surface area contributed by atoms with Gasteiger partial charge in [-0.15, -0.1) is 11.3 Å². The highest BCUT2D eigenvalue weighted by molar-refractivity contribution is 7.09. The van der Waals surface area contributed by atoms with E-state index in [1.54, 1.807) is 29.5 Å². The van der Waals surface area contributed by atoms with Crippen molar-refractivity contribution in [3.05, 3.63) is 52.0 Å². The van der Waals surface area contributed by atoms with E-state index in [1.165, 1.54) is 11.3 Å². The number of ketones is 1. The van der Waals surface area contributed by atoms with Crippen molar-refractivity contribution < 1.29 is 14.4 Å². The van der Waals surface area contributed by atoms with Crippen LogP contribution in [0.3, 0.4) is 0 Å². The van der Waals surface area contributed by atoms with Crippen LogP contribution in [0.2, 0.25) is 0 Å². The molecular formula is C24H33N7O3S. The van der Waals surface area contributed by atoms with Crippen molar-refractivity contribution in [2.45, 2.75) is 44.2 Å². The van der Waals surface area contributed by atoms with Crippen LogP contribution in [0, 0.1) is 5.92 Å².